The fourth-order valence-electron chi connectivity index (χ4n) is 1.38. The lowest BCUT2D eigenvalue weighted by Gasteiger charge is -2.03. The summed E-state index contributed by atoms with van der Waals surface area (Å²) in [4.78, 5) is 23.3. The van der Waals surface area contributed by atoms with Gasteiger partial charge in [0.2, 0.25) is 0 Å². The van der Waals surface area contributed by atoms with Crippen molar-refractivity contribution >= 4 is 23.0 Å². The van der Waals surface area contributed by atoms with Crippen LogP contribution < -0.4 is 5.32 Å². The predicted molar refractivity (Wildman–Crippen MR) is 67.4 cm³/mol. The van der Waals surface area contributed by atoms with Crippen LogP contribution in [-0.2, 0) is 0 Å². The third kappa shape index (κ3) is 3.01. The molecule has 1 heterocycles. The molecule has 0 fully saturated rings. The fourth-order valence-corrected chi connectivity index (χ4v) is 2.04. The van der Waals surface area contributed by atoms with Crippen LogP contribution in [0.3, 0.4) is 0 Å². The molecule has 0 unspecified atom stereocenters. The maximum absolute atomic E-state index is 11.7. The zero-order valence-electron chi connectivity index (χ0n) is 9.05. The minimum atomic E-state index is -0.228. The topological polar surface area (TPSA) is 46.2 Å². The van der Waals surface area contributed by atoms with Gasteiger partial charge in [-0.1, -0.05) is 18.2 Å². The first-order valence-electron chi connectivity index (χ1n) is 5.16. The van der Waals surface area contributed by atoms with Crippen LogP contribution >= 0.6 is 11.3 Å². The van der Waals surface area contributed by atoms with E-state index in [2.05, 4.69) is 5.32 Å². The SMILES string of the molecule is O=C(CNC(=O)c1ccccc1)c1ccsc1. The number of carbonyl (C=O) groups is 2. The normalized spacial score (nSPS) is 9.88. The Morgan fingerprint density at radius 2 is 1.82 bits per heavy atom. The molecule has 0 saturated heterocycles. The second-order valence-electron chi connectivity index (χ2n) is 3.48. The molecule has 0 atom stereocenters. The van der Waals surface area contributed by atoms with Gasteiger partial charge in [-0.05, 0) is 23.6 Å². The Hall–Kier alpha value is -1.94. The van der Waals surface area contributed by atoms with E-state index in [1.807, 2.05) is 11.4 Å². The lowest BCUT2D eigenvalue weighted by molar-refractivity contribution is 0.0904. The predicted octanol–water partition coefficient (Wildman–Crippen LogP) is 2.36. The van der Waals surface area contributed by atoms with Crippen molar-refractivity contribution < 1.29 is 9.59 Å². The Balaban J connectivity index is 1.91. The molecule has 1 N–H and O–H groups in total. The van der Waals surface area contributed by atoms with Crippen molar-refractivity contribution in [3.63, 3.8) is 0 Å². The average molecular weight is 245 g/mol. The molecular formula is C13H11NO2S. The zero-order valence-corrected chi connectivity index (χ0v) is 9.87. The van der Waals surface area contributed by atoms with E-state index in [0.29, 0.717) is 11.1 Å². The van der Waals surface area contributed by atoms with Gasteiger partial charge in [0.05, 0.1) is 6.54 Å². The highest BCUT2D eigenvalue weighted by Gasteiger charge is 2.09. The van der Waals surface area contributed by atoms with Gasteiger partial charge < -0.3 is 5.32 Å². The van der Waals surface area contributed by atoms with Gasteiger partial charge in [0.15, 0.2) is 5.78 Å². The van der Waals surface area contributed by atoms with Crippen LogP contribution in [0.5, 0.6) is 0 Å². The van der Waals surface area contributed by atoms with Crippen LogP contribution in [0.1, 0.15) is 20.7 Å². The summed E-state index contributed by atoms with van der Waals surface area (Å²) in [5.41, 5.74) is 1.20. The second kappa shape index (κ2) is 5.41. The van der Waals surface area contributed by atoms with Crippen molar-refractivity contribution in [2.45, 2.75) is 0 Å². The van der Waals surface area contributed by atoms with Crippen LogP contribution in [0.15, 0.2) is 47.2 Å². The lowest BCUT2D eigenvalue weighted by Crippen LogP contribution is -2.29. The summed E-state index contributed by atoms with van der Waals surface area (Å²) >= 11 is 1.47. The Bertz CT molecular complexity index is 505. The summed E-state index contributed by atoms with van der Waals surface area (Å²) < 4.78 is 0. The second-order valence-corrected chi connectivity index (χ2v) is 4.26. The molecule has 2 rings (SSSR count). The maximum Gasteiger partial charge on any atom is 0.251 e. The Morgan fingerprint density at radius 3 is 2.47 bits per heavy atom. The molecule has 0 saturated carbocycles. The molecule has 1 aromatic heterocycles. The number of hydrogen-bond acceptors (Lipinski definition) is 3. The highest BCUT2D eigenvalue weighted by atomic mass is 32.1. The number of carbonyl (C=O) groups excluding carboxylic acids is 2. The molecule has 2 aromatic rings. The molecule has 4 heteroatoms. The summed E-state index contributed by atoms with van der Waals surface area (Å²) in [6.07, 6.45) is 0. The van der Waals surface area contributed by atoms with Crippen molar-refractivity contribution in [1.29, 1.82) is 0 Å². The van der Waals surface area contributed by atoms with Crippen LogP contribution in [-0.4, -0.2) is 18.2 Å². The molecule has 3 nitrogen and oxygen atoms in total. The summed E-state index contributed by atoms with van der Waals surface area (Å²) in [5.74, 6) is -0.301. The number of thiophene rings is 1. The van der Waals surface area contributed by atoms with Gasteiger partial charge in [-0.2, -0.15) is 11.3 Å². The van der Waals surface area contributed by atoms with E-state index < -0.39 is 0 Å². The van der Waals surface area contributed by atoms with Gasteiger partial charge in [0, 0.05) is 16.5 Å². The van der Waals surface area contributed by atoms with Gasteiger partial charge in [0.25, 0.3) is 5.91 Å². The van der Waals surface area contributed by atoms with E-state index in [9.17, 15) is 9.59 Å². The Labute approximate surface area is 103 Å². The smallest absolute Gasteiger partial charge is 0.251 e. The van der Waals surface area contributed by atoms with Crippen LogP contribution in [0, 0.1) is 0 Å². The first-order chi connectivity index (χ1) is 8.27. The van der Waals surface area contributed by atoms with E-state index in [1.54, 1.807) is 35.7 Å². The van der Waals surface area contributed by atoms with Crippen LogP contribution in [0.4, 0.5) is 0 Å². The molecule has 86 valence electrons. The highest BCUT2D eigenvalue weighted by molar-refractivity contribution is 7.08. The van der Waals surface area contributed by atoms with Gasteiger partial charge in [-0.3, -0.25) is 9.59 Å². The van der Waals surface area contributed by atoms with Crippen molar-refractivity contribution in [3.05, 3.63) is 58.3 Å². The standard InChI is InChI=1S/C13H11NO2S/c15-12(11-6-7-17-9-11)8-14-13(16)10-4-2-1-3-5-10/h1-7,9H,8H2,(H,14,16). The van der Waals surface area contributed by atoms with Crippen LogP contribution in [0.25, 0.3) is 0 Å². The zero-order chi connectivity index (χ0) is 12.1. The Kier molecular flexibility index (Phi) is 3.67. The minimum Gasteiger partial charge on any atom is -0.345 e. The Morgan fingerprint density at radius 1 is 1.06 bits per heavy atom. The van der Waals surface area contributed by atoms with Gasteiger partial charge in [-0.15, -0.1) is 0 Å². The number of ketones is 1. The maximum atomic E-state index is 11.7. The number of Topliss-reactive ketones (excluding diaryl/α,β-unsaturated/α-hetero) is 1. The molecule has 0 radical (unpaired) electrons. The van der Waals surface area contributed by atoms with Crippen LogP contribution in [0.2, 0.25) is 0 Å². The molecule has 0 aliphatic heterocycles. The number of hydrogen-bond donors (Lipinski definition) is 1. The molecule has 0 aliphatic rings. The largest absolute Gasteiger partial charge is 0.345 e. The average Bonchev–Trinajstić information content (AvgIpc) is 2.90. The van der Waals surface area contributed by atoms with E-state index >= 15 is 0 Å². The van der Waals surface area contributed by atoms with Crippen molar-refractivity contribution in [2.24, 2.45) is 0 Å². The number of nitrogens with one attached hydrogen (secondary N) is 1. The molecule has 1 aromatic carbocycles. The van der Waals surface area contributed by atoms with Gasteiger partial charge in [-0.25, -0.2) is 0 Å². The molecular weight excluding hydrogens is 234 g/mol. The van der Waals surface area contributed by atoms with E-state index in [1.165, 1.54) is 11.3 Å². The highest BCUT2D eigenvalue weighted by Crippen LogP contribution is 2.06. The van der Waals surface area contributed by atoms with Gasteiger partial charge in [0.1, 0.15) is 0 Å². The monoisotopic (exact) mass is 245 g/mol. The quantitative estimate of drug-likeness (QED) is 0.840. The summed E-state index contributed by atoms with van der Waals surface area (Å²) in [6.45, 7) is 0.0322. The number of rotatable bonds is 4. The summed E-state index contributed by atoms with van der Waals surface area (Å²) in [7, 11) is 0. The fraction of sp³-hybridized carbons (Fsp3) is 0.0769. The third-order valence-corrected chi connectivity index (χ3v) is 2.97. The molecule has 0 spiro atoms. The molecule has 0 aliphatic carbocycles. The summed E-state index contributed by atoms with van der Waals surface area (Å²) in [6, 6.07) is 10.6. The minimum absolute atomic E-state index is 0.0322. The van der Waals surface area contributed by atoms with Crippen molar-refractivity contribution in [1.82, 2.24) is 5.32 Å². The number of benzene rings is 1. The van der Waals surface area contributed by atoms with E-state index in [0.717, 1.165) is 0 Å². The molecule has 0 bridgehead atoms. The third-order valence-electron chi connectivity index (χ3n) is 2.29. The van der Waals surface area contributed by atoms with E-state index in [4.69, 9.17) is 0 Å². The lowest BCUT2D eigenvalue weighted by atomic mass is 10.2. The molecule has 17 heavy (non-hydrogen) atoms. The first-order valence-corrected chi connectivity index (χ1v) is 6.10. The van der Waals surface area contributed by atoms with E-state index in [-0.39, 0.29) is 18.2 Å². The van der Waals surface area contributed by atoms with Crippen molar-refractivity contribution in [3.8, 4) is 0 Å². The first kappa shape index (κ1) is 11.5. The van der Waals surface area contributed by atoms with Crippen molar-refractivity contribution in [2.75, 3.05) is 6.54 Å². The van der Waals surface area contributed by atoms with Gasteiger partial charge >= 0.3 is 0 Å². The summed E-state index contributed by atoms with van der Waals surface area (Å²) in [5, 5.41) is 6.22. The number of amides is 1. The molecule has 1 amide bonds.